The highest BCUT2D eigenvalue weighted by molar-refractivity contribution is 9.10. The lowest BCUT2D eigenvalue weighted by Crippen LogP contribution is -1.79. The van der Waals surface area contributed by atoms with E-state index in [0.29, 0.717) is 16.7 Å². The van der Waals surface area contributed by atoms with Gasteiger partial charge in [0, 0.05) is 20.8 Å². The lowest BCUT2D eigenvalue weighted by atomic mass is 10.0. The summed E-state index contributed by atoms with van der Waals surface area (Å²) in [5.74, 6) is 0. The van der Waals surface area contributed by atoms with Crippen LogP contribution in [0.25, 0.3) is 33.1 Å². The third kappa shape index (κ3) is 1.69. The number of halogens is 1. The van der Waals surface area contributed by atoms with Crippen molar-refractivity contribution < 1.29 is 11.3 Å². The van der Waals surface area contributed by atoms with E-state index in [2.05, 4.69) is 15.9 Å². The first-order valence-corrected chi connectivity index (χ1v) is 6.88. The van der Waals surface area contributed by atoms with E-state index < -0.39 is 6.04 Å². The summed E-state index contributed by atoms with van der Waals surface area (Å²) >= 11 is 3.52. The fraction of sp³-hybridized carbons (Fsp3) is 0. The maximum atomic E-state index is 8.21. The minimum atomic E-state index is -0.406. The molecule has 0 amide bonds. The van der Waals surface area contributed by atoms with Crippen molar-refractivity contribution in [1.82, 2.24) is 0 Å². The summed E-state index contributed by atoms with van der Waals surface area (Å²) in [6.07, 6.45) is 0. The largest absolute Gasteiger partial charge is 0.455 e. The second kappa shape index (κ2) is 4.50. The van der Waals surface area contributed by atoms with E-state index in [4.69, 9.17) is 11.3 Å². The van der Waals surface area contributed by atoms with Gasteiger partial charge in [0.25, 0.3) is 0 Å². The highest BCUT2D eigenvalue weighted by Gasteiger charge is 2.14. The van der Waals surface area contributed by atoms with E-state index in [-0.39, 0.29) is 29.7 Å². The molecule has 0 atom stereocenters. The van der Waals surface area contributed by atoms with Gasteiger partial charge in [-0.2, -0.15) is 0 Å². The Labute approximate surface area is 132 Å². The highest BCUT2D eigenvalue weighted by atomic mass is 79.9. The zero-order valence-corrected chi connectivity index (χ0v) is 11.8. The summed E-state index contributed by atoms with van der Waals surface area (Å²) in [6.45, 7) is 0. The van der Waals surface area contributed by atoms with Crippen LogP contribution in [0.3, 0.4) is 0 Å². The van der Waals surface area contributed by atoms with Crippen molar-refractivity contribution in [2.75, 3.05) is 0 Å². The van der Waals surface area contributed by atoms with Crippen LogP contribution in [0.15, 0.2) is 75.5 Å². The summed E-state index contributed by atoms with van der Waals surface area (Å²) in [5.41, 5.74) is 1.79. The molecule has 0 unspecified atom stereocenters. The Morgan fingerprint density at radius 3 is 2.60 bits per heavy atom. The summed E-state index contributed by atoms with van der Waals surface area (Å²) < 4.78 is 46.8. The molecule has 1 heterocycles. The molecule has 0 aliphatic carbocycles. The number of para-hydroxylation sites is 1. The van der Waals surface area contributed by atoms with Gasteiger partial charge < -0.3 is 4.42 Å². The number of hydrogen-bond acceptors (Lipinski definition) is 1. The Bertz CT molecular complexity index is 1140. The topological polar surface area (TPSA) is 13.1 Å². The van der Waals surface area contributed by atoms with Crippen LogP contribution in [0.5, 0.6) is 0 Å². The summed E-state index contributed by atoms with van der Waals surface area (Å²) in [6, 6.07) is 9.45. The zero-order valence-electron chi connectivity index (χ0n) is 15.3. The first-order chi connectivity index (χ1) is 11.9. The van der Waals surface area contributed by atoms with Gasteiger partial charge in [-0.05, 0) is 23.8 Å². The standard InChI is InChI=1S/C18H11BrO/c19-15-11-10-13(12-6-2-1-3-7-12)18-17(15)14-8-4-5-9-16(14)20-18/h1-11H/i1D,2D,3D,6D,7D. The van der Waals surface area contributed by atoms with Crippen molar-refractivity contribution in [3.63, 3.8) is 0 Å². The van der Waals surface area contributed by atoms with Crippen LogP contribution in [-0.4, -0.2) is 0 Å². The summed E-state index contributed by atoms with van der Waals surface area (Å²) in [7, 11) is 0. The van der Waals surface area contributed by atoms with Crippen molar-refractivity contribution in [1.29, 1.82) is 0 Å². The lowest BCUT2D eigenvalue weighted by Gasteiger charge is -2.03. The number of hydrogen-bond donors (Lipinski definition) is 0. The van der Waals surface area contributed by atoms with E-state index in [0.717, 1.165) is 15.2 Å². The highest BCUT2D eigenvalue weighted by Crippen LogP contribution is 2.39. The Balaban J connectivity index is 2.19. The van der Waals surface area contributed by atoms with Crippen molar-refractivity contribution >= 4 is 37.9 Å². The Morgan fingerprint density at radius 1 is 0.950 bits per heavy atom. The van der Waals surface area contributed by atoms with Gasteiger partial charge in [0.15, 0.2) is 0 Å². The van der Waals surface area contributed by atoms with Crippen molar-refractivity contribution in [2.45, 2.75) is 0 Å². The minimum Gasteiger partial charge on any atom is -0.455 e. The molecule has 0 aliphatic rings. The van der Waals surface area contributed by atoms with Gasteiger partial charge in [-0.1, -0.05) is 64.3 Å². The van der Waals surface area contributed by atoms with Crippen molar-refractivity contribution in [3.05, 3.63) is 71.1 Å². The van der Waals surface area contributed by atoms with Gasteiger partial charge in [-0.15, -0.1) is 0 Å². The number of furan rings is 1. The quantitative estimate of drug-likeness (QED) is 0.417. The van der Waals surface area contributed by atoms with Crippen LogP contribution in [0.4, 0.5) is 0 Å². The molecule has 0 spiro atoms. The monoisotopic (exact) mass is 327 g/mol. The van der Waals surface area contributed by atoms with Crippen LogP contribution in [0.1, 0.15) is 6.85 Å². The second-order valence-corrected chi connectivity index (χ2v) is 5.25. The van der Waals surface area contributed by atoms with E-state index in [1.165, 1.54) is 0 Å². The van der Waals surface area contributed by atoms with Gasteiger partial charge in [0.05, 0.1) is 6.85 Å². The average Bonchev–Trinajstić information content (AvgIpc) is 3.00. The van der Waals surface area contributed by atoms with Gasteiger partial charge in [0.1, 0.15) is 11.2 Å². The molecule has 3 aromatic carbocycles. The Hall–Kier alpha value is -2.06. The minimum absolute atomic E-state index is 0.141. The van der Waals surface area contributed by atoms with Crippen LogP contribution in [0.2, 0.25) is 0 Å². The lowest BCUT2D eigenvalue weighted by molar-refractivity contribution is 0.670. The molecule has 4 rings (SSSR count). The number of fused-ring (bicyclic) bond motifs is 3. The molecule has 4 aromatic rings. The smallest absolute Gasteiger partial charge is 0.144 e. The third-order valence-corrected chi connectivity index (χ3v) is 3.91. The molecule has 20 heavy (non-hydrogen) atoms. The zero-order chi connectivity index (χ0) is 17.9. The van der Waals surface area contributed by atoms with Gasteiger partial charge in [0.2, 0.25) is 0 Å². The van der Waals surface area contributed by atoms with Gasteiger partial charge in [-0.3, -0.25) is 0 Å². The van der Waals surface area contributed by atoms with Gasteiger partial charge in [-0.25, -0.2) is 0 Å². The van der Waals surface area contributed by atoms with E-state index in [9.17, 15) is 0 Å². The normalized spacial score (nSPS) is 14.8. The van der Waals surface area contributed by atoms with E-state index >= 15 is 0 Å². The number of benzene rings is 3. The SMILES string of the molecule is [2H]c1c([2H])c([2H])c(-c2ccc(Br)c3c2oc2ccccc23)c([2H])c1[2H]. The van der Waals surface area contributed by atoms with Crippen LogP contribution >= 0.6 is 15.9 Å². The first kappa shape index (κ1) is 7.65. The third-order valence-electron chi connectivity index (χ3n) is 3.24. The fourth-order valence-corrected chi connectivity index (χ4v) is 2.90. The Kier molecular flexibility index (Phi) is 1.72. The molecule has 0 N–H and O–H groups in total. The van der Waals surface area contributed by atoms with Crippen molar-refractivity contribution in [3.8, 4) is 11.1 Å². The predicted molar refractivity (Wildman–Crippen MR) is 86.9 cm³/mol. The molecule has 0 aliphatic heterocycles. The van der Waals surface area contributed by atoms with E-state index in [1.807, 2.05) is 24.3 Å². The predicted octanol–water partition coefficient (Wildman–Crippen LogP) is 6.02. The Morgan fingerprint density at radius 2 is 1.75 bits per heavy atom. The molecule has 0 radical (unpaired) electrons. The maximum absolute atomic E-state index is 8.21. The molecule has 1 nitrogen and oxygen atoms in total. The molecule has 0 saturated carbocycles. The molecular weight excluding hydrogens is 312 g/mol. The van der Waals surface area contributed by atoms with E-state index in [1.54, 1.807) is 12.1 Å². The van der Waals surface area contributed by atoms with Gasteiger partial charge >= 0.3 is 0 Å². The summed E-state index contributed by atoms with van der Waals surface area (Å²) in [4.78, 5) is 0. The van der Waals surface area contributed by atoms with Crippen LogP contribution < -0.4 is 0 Å². The second-order valence-electron chi connectivity index (χ2n) is 4.40. The average molecular weight is 328 g/mol. The molecule has 0 saturated heterocycles. The molecule has 96 valence electrons. The molecule has 1 aromatic heterocycles. The van der Waals surface area contributed by atoms with Crippen molar-refractivity contribution in [2.24, 2.45) is 0 Å². The molecule has 2 heteroatoms. The molecular formula is C18H11BrO. The summed E-state index contributed by atoms with van der Waals surface area (Å²) in [5, 5.41) is 1.72. The fourth-order valence-electron chi connectivity index (χ4n) is 2.37. The van der Waals surface area contributed by atoms with Crippen LogP contribution in [-0.2, 0) is 0 Å². The molecule has 0 bridgehead atoms. The number of rotatable bonds is 1. The van der Waals surface area contributed by atoms with Crippen LogP contribution in [0, 0.1) is 0 Å². The molecule has 0 fully saturated rings. The first-order valence-electron chi connectivity index (χ1n) is 8.59. The maximum Gasteiger partial charge on any atom is 0.144 e.